The summed E-state index contributed by atoms with van der Waals surface area (Å²) in [5.41, 5.74) is 30.2. The Balaban J connectivity index is 0.0000251. The third kappa shape index (κ3) is 29.3. The number of fused-ring (bicyclic) bond motifs is 1. The number of carbonyl (C=O) groups is 15. The zero-order valence-electron chi connectivity index (χ0n) is 60.7. The number of nitrogens with one attached hydrogen (secondary N) is 15. The van der Waals surface area contributed by atoms with Crippen LogP contribution < -0.4 is 92.5 Å². The van der Waals surface area contributed by atoms with Crippen LogP contribution in [0.4, 0.5) is 0 Å². The van der Waals surface area contributed by atoms with Crippen LogP contribution in [0.25, 0.3) is 10.9 Å². The zero-order chi connectivity index (χ0) is 80.1. The highest BCUT2D eigenvalue weighted by atomic mass is 33.1. The summed E-state index contributed by atoms with van der Waals surface area (Å²) in [6.07, 6.45) is 2.04. The highest BCUT2D eigenvalue weighted by molar-refractivity contribution is 8.76. The predicted molar refractivity (Wildman–Crippen MR) is 401 cm³/mol. The van der Waals surface area contributed by atoms with Gasteiger partial charge in [0.25, 0.3) is 0 Å². The lowest BCUT2D eigenvalue weighted by Gasteiger charge is -2.30. The molecular weight excluding hydrogens is 1460 g/mol. The molecule has 42 heteroatoms. The number of carboxylic acid groups (broad SMARTS) is 1. The van der Waals surface area contributed by atoms with Gasteiger partial charge in [-0.1, -0.05) is 95.2 Å². The highest BCUT2D eigenvalue weighted by Gasteiger charge is 2.39. The number of hydrogen-bond donors (Lipinski definition) is 22. The topological polar surface area (TPSA) is 656 Å². The van der Waals surface area contributed by atoms with Gasteiger partial charge in [0.2, 0.25) is 82.7 Å². The number of aromatic nitrogens is 5. The molecule has 0 aliphatic carbocycles. The summed E-state index contributed by atoms with van der Waals surface area (Å²) >= 11 is 0. The Morgan fingerprint density at radius 1 is 0.624 bits per heavy atom. The molecule has 3 aromatic heterocycles. The molecule has 1 aliphatic rings. The van der Waals surface area contributed by atoms with E-state index in [2.05, 4.69) is 93.7 Å². The number of aliphatic hydroxyl groups excluding tert-OH is 1. The molecule has 1 aliphatic heterocycles. The van der Waals surface area contributed by atoms with Crippen LogP contribution in [0.3, 0.4) is 0 Å². The molecule has 4 aromatic rings. The van der Waals surface area contributed by atoms with Crippen LogP contribution in [-0.4, -0.2) is 233 Å². The Bertz CT molecular complexity index is 3820. The van der Waals surface area contributed by atoms with E-state index >= 15 is 0 Å². The largest absolute Gasteiger partial charge is 0.481 e. The van der Waals surface area contributed by atoms with Gasteiger partial charge in [0.05, 0.1) is 37.8 Å². The van der Waals surface area contributed by atoms with Crippen LogP contribution in [0.1, 0.15) is 111 Å². The fourth-order valence-electron chi connectivity index (χ4n) is 10.9. The Morgan fingerprint density at radius 3 is 1.69 bits per heavy atom. The number of nitrogens with two attached hydrogens (primary N) is 5. The van der Waals surface area contributed by atoms with Gasteiger partial charge < -0.3 is 118 Å². The van der Waals surface area contributed by atoms with E-state index in [1.165, 1.54) is 45.1 Å². The first-order chi connectivity index (χ1) is 51.1. The Hall–Kier alpha value is -10.9. The van der Waals surface area contributed by atoms with Crippen LogP contribution in [0, 0.1) is 17.8 Å². The fourth-order valence-corrected chi connectivity index (χ4v) is 13.2. The minimum atomic E-state index is -2.04. The van der Waals surface area contributed by atoms with E-state index in [1.807, 2.05) is 0 Å². The Morgan fingerprint density at radius 2 is 1.14 bits per heavy atom. The van der Waals surface area contributed by atoms with E-state index in [9.17, 15) is 82.1 Å². The van der Waals surface area contributed by atoms with Crippen LogP contribution in [0.5, 0.6) is 0 Å². The molecule has 0 bridgehead atoms. The van der Waals surface area contributed by atoms with Gasteiger partial charge in [-0.15, -0.1) is 0 Å². The number of aromatic amines is 3. The lowest BCUT2D eigenvalue weighted by Crippen LogP contribution is -2.62. The van der Waals surface area contributed by atoms with Crippen molar-refractivity contribution in [3.63, 3.8) is 0 Å². The number of primary amides is 2. The number of carboxylic acids is 1. The molecule has 1 aromatic carbocycles. The number of imidazole rings is 2. The average molecular weight is 1570 g/mol. The second kappa shape index (κ2) is 44.4. The Kier molecular flexibility index (Phi) is 36.9. The summed E-state index contributed by atoms with van der Waals surface area (Å²) < 4.78 is 0. The number of guanidine groups is 1. The number of rotatable bonds is 25. The van der Waals surface area contributed by atoms with Crippen molar-refractivity contribution in [2.45, 2.75) is 192 Å². The summed E-state index contributed by atoms with van der Waals surface area (Å²) in [6.45, 7) is 9.74. The first-order valence-electron chi connectivity index (χ1n) is 34.7. The van der Waals surface area contributed by atoms with Gasteiger partial charge in [0.1, 0.15) is 66.5 Å². The molecule has 0 radical (unpaired) electrons. The molecule has 0 spiro atoms. The van der Waals surface area contributed by atoms with Crippen LogP contribution in [0.2, 0.25) is 0 Å². The van der Waals surface area contributed by atoms with Crippen molar-refractivity contribution >= 4 is 127 Å². The zero-order valence-corrected chi connectivity index (χ0v) is 62.3. The number of nitrogens with zero attached hydrogens (tertiary/aromatic N) is 3. The van der Waals surface area contributed by atoms with E-state index < -0.39 is 217 Å². The second-order valence-electron chi connectivity index (χ2n) is 26.5. The van der Waals surface area contributed by atoms with Crippen LogP contribution in [-0.2, 0) is 91.2 Å². The van der Waals surface area contributed by atoms with E-state index in [1.54, 1.807) is 52.0 Å². The van der Waals surface area contributed by atoms with Crippen molar-refractivity contribution < 1.29 is 82.1 Å². The summed E-state index contributed by atoms with van der Waals surface area (Å²) in [7, 11) is 1.71. The summed E-state index contributed by atoms with van der Waals surface area (Å²) in [4.78, 5) is 232. The van der Waals surface area contributed by atoms with Crippen molar-refractivity contribution in [2.75, 3.05) is 24.6 Å². The number of H-pyrrole nitrogens is 3. The van der Waals surface area contributed by atoms with Crippen LogP contribution >= 0.6 is 21.6 Å². The maximum absolute atomic E-state index is 14.9. The number of para-hydroxylation sites is 1. The summed E-state index contributed by atoms with van der Waals surface area (Å²) in [5, 5.41) is 51.4. The number of aliphatic imine (C=N–C) groups is 1. The monoisotopic (exact) mass is 1570 g/mol. The SMILES string of the molecule is C.CCC(C)C(N)C(=O)NC1CSSCC(C(=O)NC(C(N)=O)C(C)O)NC(=O)C(CCCN=C(N)N)NC(=O)C(Cc2cnc[nH]2)NC(=O)C(Cc2cnc[nH]2)NC(=O)CNC(=O)C(Cc2c[nH]c3ccccc23)NC(=O)C(CC(=O)O)NC(=O)C(CCC(N)=O)NC(=O)C(C(C)C)NC(=O)C(C(C)C)NC1=O. The molecule has 14 unspecified atom stereocenters. The smallest absolute Gasteiger partial charge is 0.305 e. The van der Waals surface area contributed by atoms with E-state index in [-0.39, 0.29) is 69.2 Å². The van der Waals surface area contributed by atoms with Gasteiger partial charge in [-0.3, -0.25) is 76.9 Å². The van der Waals surface area contributed by atoms with Crippen molar-refractivity contribution in [1.82, 2.24) is 88.7 Å². The summed E-state index contributed by atoms with van der Waals surface area (Å²) in [6, 6.07) is -12.7. The summed E-state index contributed by atoms with van der Waals surface area (Å²) in [5.74, 6) is -19.4. The molecule has 14 atom stereocenters. The maximum Gasteiger partial charge on any atom is 0.305 e. The average Bonchev–Trinajstić information content (AvgIpc) is 1.76. The number of hydrogen-bond acceptors (Lipinski definition) is 22. The molecule has 14 amide bonds. The van der Waals surface area contributed by atoms with Gasteiger partial charge >= 0.3 is 5.97 Å². The van der Waals surface area contributed by atoms with E-state index in [4.69, 9.17) is 28.7 Å². The number of benzene rings is 1. The Labute approximate surface area is 635 Å². The molecule has 5 rings (SSSR count). The first kappa shape index (κ1) is 90.5. The molecule has 0 saturated carbocycles. The van der Waals surface area contributed by atoms with Crippen molar-refractivity contribution in [1.29, 1.82) is 0 Å². The molecule has 1 fully saturated rings. The van der Waals surface area contributed by atoms with Crippen molar-refractivity contribution in [3.8, 4) is 0 Å². The fraction of sp³-hybridized carbons (Fsp3) is 0.552. The normalized spacial score (nSPS) is 23.0. The first-order valence-corrected chi connectivity index (χ1v) is 37.2. The van der Waals surface area contributed by atoms with Gasteiger partial charge in [0, 0.05) is 84.6 Å². The number of carbonyl (C=O) groups excluding carboxylic acids is 14. The lowest BCUT2D eigenvalue weighted by molar-refractivity contribution is -0.141. The third-order valence-electron chi connectivity index (χ3n) is 17.3. The third-order valence-corrected chi connectivity index (χ3v) is 19.7. The molecule has 40 nitrogen and oxygen atoms in total. The van der Waals surface area contributed by atoms with Gasteiger partial charge in [-0.05, 0) is 55.6 Å². The van der Waals surface area contributed by atoms with Gasteiger partial charge in [-0.2, -0.15) is 0 Å². The molecule has 27 N–H and O–H groups in total. The molecule has 109 heavy (non-hydrogen) atoms. The highest BCUT2D eigenvalue weighted by Crippen LogP contribution is 2.25. The molecule has 1 saturated heterocycles. The quantitative estimate of drug-likeness (QED) is 0.0127. The van der Waals surface area contributed by atoms with E-state index in [0.717, 1.165) is 28.5 Å². The molecule has 600 valence electrons. The molecule has 4 heterocycles. The van der Waals surface area contributed by atoms with Crippen molar-refractivity contribution in [3.05, 3.63) is 72.5 Å². The molecular formula is C67H103N23O17S2. The lowest BCUT2D eigenvalue weighted by atomic mass is 9.98. The predicted octanol–water partition coefficient (Wildman–Crippen LogP) is -5.53. The van der Waals surface area contributed by atoms with Crippen LogP contribution in [0.15, 0.2) is 60.5 Å². The van der Waals surface area contributed by atoms with Gasteiger partial charge in [0.15, 0.2) is 5.96 Å². The van der Waals surface area contributed by atoms with E-state index in [0.29, 0.717) is 22.9 Å². The number of aliphatic carboxylic acids is 1. The second-order valence-corrected chi connectivity index (χ2v) is 29.1. The standard InChI is InChI=1S/C66H99N23O17S2.CH4/c1-8-32(6)50(68)63(104)86-46-27-108-107-26-45(62(103)89-53(33(7)90)54(69)95)85-56(97)39(14-11-17-74-66(70)71)80-59(100)43(20-36-24-73-29-78-36)83-58(99)42(19-35-23-72-28-77-35)79-48(92)25-76-55(96)41(18-34-22-75-38-13-10-9-12-37(34)38)82-60(101)44(21-49(93)94)84-57(98)40(15-16-47(67)91)81-64(105)51(30(2)3)88-65(106)52(31(4)5)87-61(46)102;/h9-10,12-13,22-24,28-33,39-46,50-53,75,90H,8,11,14-21,25-27,68H2,1-7H3,(H2,67,91)(H2,69,95)(H,72,77)(H,73,78)(H,76,96)(H,79,92)(H,80,100)(H,81,105)(H,82,101)(H,83,99)(H,84,98)(H,85,97)(H,86,104)(H,87,102)(H,88,106)(H,89,103)(H,93,94)(H4,70,71,74);1H4. The van der Waals surface area contributed by atoms with Gasteiger partial charge in [-0.25, -0.2) is 9.97 Å². The van der Waals surface area contributed by atoms with Crippen molar-refractivity contribution in [2.24, 2.45) is 51.4 Å². The number of amides is 14. The minimum Gasteiger partial charge on any atom is -0.481 e. The maximum atomic E-state index is 14.9. The minimum absolute atomic E-state index is 0. The number of aliphatic hydroxyl groups is 1.